The number of carbonyl (C=O) groups is 1. The predicted molar refractivity (Wildman–Crippen MR) is 134 cm³/mol. The lowest BCUT2D eigenvalue weighted by Crippen LogP contribution is -2.45. The van der Waals surface area contributed by atoms with Crippen LogP contribution in [0.4, 0.5) is 4.79 Å². The van der Waals surface area contributed by atoms with Crippen LogP contribution in [0.5, 0.6) is 0 Å². The van der Waals surface area contributed by atoms with Gasteiger partial charge in [-0.2, -0.15) is 0 Å². The molecule has 1 saturated heterocycles. The number of likely N-dealkylation sites (tertiary alicyclic amines) is 1. The number of amides is 1. The van der Waals surface area contributed by atoms with Crippen molar-refractivity contribution < 1.29 is 13.7 Å². The number of nitrogens with one attached hydrogen (secondary N) is 1. The van der Waals surface area contributed by atoms with Crippen LogP contribution in [0, 0.1) is 5.92 Å². The lowest BCUT2D eigenvalue weighted by Gasteiger charge is -2.33. The summed E-state index contributed by atoms with van der Waals surface area (Å²) in [6.45, 7) is 16.7. The Bertz CT molecular complexity index is 734. The molecule has 0 spiro atoms. The minimum Gasteiger partial charge on any atom is -0.444 e. The monoisotopic (exact) mass is 467 g/mol. The van der Waals surface area contributed by atoms with Crippen molar-refractivity contribution in [1.82, 2.24) is 14.5 Å². The van der Waals surface area contributed by atoms with E-state index < -0.39 is 16.6 Å². The van der Waals surface area contributed by atoms with Crippen molar-refractivity contribution in [3.8, 4) is 0 Å². The fourth-order valence-electron chi connectivity index (χ4n) is 4.37. The Hall–Kier alpha value is -1.34. The van der Waals surface area contributed by atoms with Crippen molar-refractivity contribution >= 4 is 17.1 Å². The van der Waals surface area contributed by atoms with Crippen LogP contribution in [0.1, 0.15) is 81.1 Å². The SMILES string of the molecule is CN1C=CC=CC1CC(CC[C@@H]1CN(C(=O)OC(C)(C)C)C(C)(C)C1)NS(=O)C(C)(C)C. The van der Waals surface area contributed by atoms with Gasteiger partial charge in [0.2, 0.25) is 0 Å². The first-order chi connectivity index (χ1) is 14.6. The van der Waals surface area contributed by atoms with Gasteiger partial charge in [0.05, 0.1) is 15.7 Å². The van der Waals surface area contributed by atoms with Crippen molar-refractivity contribution in [2.24, 2.45) is 5.92 Å². The van der Waals surface area contributed by atoms with Gasteiger partial charge in [-0.25, -0.2) is 13.7 Å². The van der Waals surface area contributed by atoms with Crippen LogP contribution in [0.15, 0.2) is 24.4 Å². The number of likely N-dealkylation sites (N-methyl/N-ethyl adjacent to an activating group) is 1. The number of carbonyl (C=O) groups excluding carboxylic acids is 1. The summed E-state index contributed by atoms with van der Waals surface area (Å²) in [4.78, 5) is 16.8. The lowest BCUT2D eigenvalue weighted by molar-refractivity contribution is 0.0131. The summed E-state index contributed by atoms with van der Waals surface area (Å²) in [5.41, 5.74) is -0.716. The molecule has 3 unspecified atom stereocenters. The van der Waals surface area contributed by atoms with Crippen molar-refractivity contribution in [3.63, 3.8) is 0 Å². The molecule has 2 rings (SSSR count). The van der Waals surface area contributed by atoms with Gasteiger partial charge in [0.25, 0.3) is 0 Å². The van der Waals surface area contributed by atoms with Crippen LogP contribution in [0.25, 0.3) is 0 Å². The summed E-state index contributed by atoms with van der Waals surface area (Å²) in [6.07, 6.45) is 11.9. The van der Waals surface area contributed by atoms with Gasteiger partial charge in [-0.15, -0.1) is 0 Å². The van der Waals surface area contributed by atoms with E-state index in [0.717, 1.165) is 25.7 Å². The molecule has 0 aromatic carbocycles. The molecule has 2 heterocycles. The first-order valence-electron chi connectivity index (χ1n) is 11.8. The molecule has 184 valence electrons. The molecule has 2 aliphatic heterocycles. The van der Waals surface area contributed by atoms with Gasteiger partial charge < -0.3 is 14.5 Å². The Balaban J connectivity index is 2.03. The second kappa shape index (κ2) is 10.3. The van der Waals surface area contributed by atoms with Gasteiger partial charge in [-0.1, -0.05) is 12.2 Å². The molecule has 0 aromatic heterocycles. The van der Waals surface area contributed by atoms with E-state index in [2.05, 4.69) is 48.9 Å². The summed E-state index contributed by atoms with van der Waals surface area (Å²) >= 11 is 0. The molecule has 0 aromatic rings. The van der Waals surface area contributed by atoms with E-state index in [9.17, 15) is 9.00 Å². The van der Waals surface area contributed by atoms with E-state index in [1.165, 1.54) is 0 Å². The van der Waals surface area contributed by atoms with Crippen LogP contribution in [-0.2, 0) is 15.7 Å². The second-order valence-corrected chi connectivity index (χ2v) is 13.9. The maximum atomic E-state index is 12.9. The summed E-state index contributed by atoms with van der Waals surface area (Å²) in [5, 5.41) is 0. The number of hydrogen-bond donors (Lipinski definition) is 1. The van der Waals surface area contributed by atoms with E-state index >= 15 is 0 Å². The average Bonchev–Trinajstić information content (AvgIpc) is 2.94. The zero-order valence-electron chi connectivity index (χ0n) is 21.6. The van der Waals surface area contributed by atoms with E-state index in [4.69, 9.17) is 4.74 Å². The van der Waals surface area contributed by atoms with Gasteiger partial charge in [0.1, 0.15) is 5.60 Å². The lowest BCUT2D eigenvalue weighted by atomic mass is 9.91. The van der Waals surface area contributed by atoms with E-state index in [1.807, 2.05) is 52.5 Å². The van der Waals surface area contributed by atoms with Crippen molar-refractivity contribution in [1.29, 1.82) is 0 Å². The number of nitrogens with zero attached hydrogens (tertiary/aromatic N) is 2. The van der Waals surface area contributed by atoms with Crippen molar-refractivity contribution in [2.75, 3.05) is 13.6 Å². The molecule has 0 saturated carbocycles. The number of ether oxygens (including phenoxy) is 1. The van der Waals surface area contributed by atoms with Crippen LogP contribution in [0.3, 0.4) is 0 Å². The minimum atomic E-state index is -1.12. The molecule has 1 N–H and O–H groups in total. The Morgan fingerprint density at radius 3 is 2.44 bits per heavy atom. The number of rotatable bonds is 7. The zero-order chi connectivity index (χ0) is 24.3. The van der Waals surface area contributed by atoms with Gasteiger partial charge in [-0.05, 0) is 99.3 Å². The molecule has 1 amide bonds. The molecule has 4 atom stereocenters. The number of hydrogen-bond acceptors (Lipinski definition) is 4. The third kappa shape index (κ3) is 7.91. The average molecular weight is 468 g/mol. The molecular formula is C25H45N3O3S. The van der Waals surface area contributed by atoms with Crippen LogP contribution < -0.4 is 4.72 Å². The fourth-order valence-corrected chi connectivity index (χ4v) is 5.24. The summed E-state index contributed by atoms with van der Waals surface area (Å²) in [5.74, 6) is 0.407. The smallest absolute Gasteiger partial charge is 0.410 e. The van der Waals surface area contributed by atoms with Gasteiger partial charge >= 0.3 is 6.09 Å². The molecule has 1 fully saturated rings. The normalized spacial score (nSPS) is 25.2. The predicted octanol–water partition coefficient (Wildman–Crippen LogP) is 5.00. The molecule has 7 heteroatoms. The second-order valence-electron chi connectivity index (χ2n) is 11.9. The molecule has 0 aliphatic carbocycles. The van der Waals surface area contributed by atoms with Gasteiger partial charge in [0, 0.05) is 31.2 Å². The molecule has 0 bridgehead atoms. The topological polar surface area (TPSA) is 61.9 Å². The fraction of sp³-hybridized carbons (Fsp3) is 0.800. The summed E-state index contributed by atoms with van der Waals surface area (Å²) in [7, 11) is 0.962. The molecule has 6 nitrogen and oxygen atoms in total. The van der Waals surface area contributed by atoms with Gasteiger partial charge in [0.15, 0.2) is 0 Å². The first-order valence-corrected chi connectivity index (χ1v) is 13.0. The highest BCUT2D eigenvalue weighted by atomic mass is 32.2. The van der Waals surface area contributed by atoms with E-state index in [-0.39, 0.29) is 28.5 Å². The molecular weight excluding hydrogens is 422 g/mol. The van der Waals surface area contributed by atoms with Crippen LogP contribution in [0.2, 0.25) is 0 Å². The molecule has 2 aliphatic rings. The Labute approximate surface area is 198 Å². The maximum absolute atomic E-state index is 12.9. The summed E-state index contributed by atoms with van der Waals surface area (Å²) in [6, 6.07) is 0.421. The highest BCUT2D eigenvalue weighted by molar-refractivity contribution is 7.84. The molecule has 32 heavy (non-hydrogen) atoms. The quantitative estimate of drug-likeness (QED) is 0.573. The van der Waals surface area contributed by atoms with E-state index in [0.29, 0.717) is 12.5 Å². The molecule has 0 radical (unpaired) electrons. The third-order valence-corrected chi connectivity index (χ3v) is 7.80. The highest BCUT2D eigenvalue weighted by Crippen LogP contribution is 2.36. The first kappa shape index (κ1) is 26.9. The largest absolute Gasteiger partial charge is 0.444 e. The highest BCUT2D eigenvalue weighted by Gasteiger charge is 2.43. The van der Waals surface area contributed by atoms with Crippen LogP contribution in [-0.4, -0.2) is 61.7 Å². The third-order valence-electron chi connectivity index (χ3n) is 6.14. The minimum absolute atomic E-state index is 0.136. The Morgan fingerprint density at radius 2 is 1.88 bits per heavy atom. The maximum Gasteiger partial charge on any atom is 0.410 e. The van der Waals surface area contributed by atoms with Crippen molar-refractivity contribution in [2.45, 2.75) is 109 Å². The van der Waals surface area contributed by atoms with Gasteiger partial charge in [-0.3, -0.25) is 0 Å². The zero-order valence-corrected chi connectivity index (χ0v) is 22.4. The number of allylic oxidation sites excluding steroid dienone is 2. The van der Waals surface area contributed by atoms with E-state index in [1.54, 1.807) is 0 Å². The van der Waals surface area contributed by atoms with Crippen molar-refractivity contribution in [3.05, 3.63) is 24.4 Å². The standard InChI is InChI=1S/C25H45N3O3S/c1-23(2,3)31-22(29)28-18-19(17-25(28,7)8)13-14-20(26-32(30)24(4,5)6)16-21-12-10-11-15-27(21)9/h10-12,15,19-21,26H,13-14,16-18H2,1-9H3/t19-,20?,21?,32?/m0/s1. The van der Waals surface area contributed by atoms with Crippen LogP contribution >= 0.6 is 0 Å². The Morgan fingerprint density at radius 1 is 1.22 bits per heavy atom. The Kier molecular flexibility index (Phi) is 8.65. The summed E-state index contributed by atoms with van der Waals surface area (Å²) < 4.78 is 21.6.